The third kappa shape index (κ3) is 2.10. The van der Waals surface area contributed by atoms with Gasteiger partial charge in [0.25, 0.3) is 17.4 Å². The van der Waals surface area contributed by atoms with Crippen LogP contribution in [0, 0.1) is 19.8 Å². The van der Waals surface area contributed by atoms with Gasteiger partial charge in [-0.2, -0.15) is 4.68 Å². The molecule has 0 radical (unpaired) electrons. The average Bonchev–Trinajstić information content (AvgIpc) is 3.06. The Hall–Kier alpha value is -2.44. The fourth-order valence-corrected chi connectivity index (χ4v) is 3.95. The van der Waals surface area contributed by atoms with Gasteiger partial charge in [0.1, 0.15) is 5.69 Å². The van der Waals surface area contributed by atoms with E-state index in [0.29, 0.717) is 11.6 Å². The van der Waals surface area contributed by atoms with Gasteiger partial charge in [0.15, 0.2) is 0 Å². The molecule has 3 aliphatic rings. The van der Waals surface area contributed by atoms with E-state index >= 15 is 0 Å². The lowest BCUT2D eigenvalue weighted by Gasteiger charge is -2.38. The van der Waals surface area contributed by atoms with Crippen molar-refractivity contribution >= 4 is 5.91 Å². The maximum absolute atomic E-state index is 12.7. The van der Waals surface area contributed by atoms with Crippen LogP contribution in [0.15, 0.2) is 16.9 Å². The summed E-state index contributed by atoms with van der Waals surface area (Å²) in [6.07, 6.45) is 2.12. The zero-order valence-corrected chi connectivity index (χ0v) is 13.5. The minimum absolute atomic E-state index is 0.0445. The first-order valence-electron chi connectivity index (χ1n) is 7.82. The number of carbonyl (C=O) groups excluding carboxylic acids is 1. The summed E-state index contributed by atoms with van der Waals surface area (Å²) in [6.45, 7) is 6.58. The van der Waals surface area contributed by atoms with E-state index in [9.17, 15) is 9.59 Å². The number of amides is 1. The number of nitrogens with one attached hydrogen (secondary N) is 1. The van der Waals surface area contributed by atoms with Gasteiger partial charge in [-0.3, -0.25) is 14.7 Å². The van der Waals surface area contributed by atoms with Gasteiger partial charge in [0.2, 0.25) is 0 Å². The second-order valence-corrected chi connectivity index (χ2v) is 6.98. The van der Waals surface area contributed by atoms with E-state index < -0.39 is 0 Å². The van der Waals surface area contributed by atoms with Crippen molar-refractivity contribution in [2.24, 2.45) is 5.92 Å². The first-order chi connectivity index (χ1) is 10.9. The summed E-state index contributed by atoms with van der Waals surface area (Å²) in [5.74, 6) is 0.761. The molecule has 2 aromatic heterocycles. The summed E-state index contributed by atoms with van der Waals surface area (Å²) in [5.41, 5.74) is 1.48. The van der Waals surface area contributed by atoms with Crippen LogP contribution in [-0.4, -0.2) is 42.6 Å². The topological polar surface area (TPSA) is 83.9 Å². The molecule has 2 aromatic rings. The largest absolute Gasteiger partial charge is 0.332 e. The van der Waals surface area contributed by atoms with E-state index in [0.717, 1.165) is 30.8 Å². The van der Waals surface area contributed by atoms with Crippen LogP contribution in [0.4, 0.5) is 0 Å². The van der Waals surface area contributed by atoms with Crippen LogP contribution in [0.25, 0.3) is 5.95 Å². The molecule has 7 heteroatoms. The number of H-pyrrole nitrogens is 1. The van der Waals surface area contributed by atoms with E-state index in [1.807, 2.05) is 24.8 Å². The SMILES string of the molecule is Cc1cc(C)nc(-n2[nH]c(C(=O)N3CC4CC3(C)C4)cc2=O)n1. The molecule has 3 fully saturated rings. The number of hydrogen-bond acceptors (Lipinski definition) is 4. The van der Waals surface area contributed by atoms with E-state index in [2.05, 4.69) is 22.0 Å². The Bertz CT molecular complexity index is 839. The van der Waals surface area contributed by atoms with Gasteiger partial charge in [-0.05, 0) is 45.6 Å². The zero-order chi connectivity index (χ0) is 16.4. The summed E-state index contributed by atoms with van der Waals surface area (Å²) < 4.78 is 1.23. The maximum Gasteiger partial charge on any atom is 0.274 e. The minimum Gasteiger partial charge on any atom is -0.332 e. The summed E-state index contributed by atoms with van der Waals surface area (Å²) in [6, 6.07) is 3.17. The molecule has 0 spiro atoms. The molecule has 1 N–H and O–H groups in total. The molecule has 0 unspecified atom stereocenters. The summed E-state index contributed by atoms with van der Waals surface area (Å²) >= 11 is 0. The second-order valence-electron chi connectivity index (χ2n) is 6.98. The van der Waals surface area contributed by atoms with Crippen molar-refractivity contribution in [3.05, 3.63) is 39.6 Å². The van der Waals surface area contributed by atoms with Crippen molar-refractivity contribution in [3.8, 4) is 5.95 Å². The monoisotopic (exact) mass is 313 g/mol. The molecule has 2 bridgehead atoms. The number of aromatic nitrogens is 4. The molecule has 0 atom stereocenters. The van der Waals surface area contributed by atoms with E-state index in [4.69, 9.17) is 0 Å². The van der Waals surface area contributed by atoms with Crippen LogP contribution in [0.2, 0.25) is 0 Å². The minimum atomic E-state index is -0.324. The lowest BCUT2D eigenvalue weighted by atomic mass is 9.75. The molecular formula is C16H19N5O2. The number of rotatable bonds is 2. The standard InChI is InChI=1S/C16H19N5O2/c1-9-4-10(2)18-15(17-9)21-13(22)5-12(19-21)14(23)20-8-11-6-16(20,3)7-11/h4-5,11,19H,6-8H2,1-3H3. The van der Waals surface area contributed by atoms with Crippen molar-refractivity contribution in [1.82, 2.24) is 24.6 Å². The van der Waals surface area contributed by atoms with Crippen molar-refractivity contribution < 1.29 is 4.79 Å². The number of carbonyl (C=O) groups is 1. The normalized spacial score (nSPS) is 25.5. The number of aryl methyl sites for hydroxylation is 2. The van der Waals surface area contributed by atoms with Gasteiger partial charge in [0.05, 0.1) is 0 Å². The molecule has 4 heterocycles. The lowest BCUT2D eigenvalue weighted by Crippen LogP contribution is -2.45. The highest BCUT2D eigenvalue weighted by Crippen LogP contribution is 2.50. The van der Waals surface area contributed by atoms with Gasteiger partial charge in [0, 0.05) is 29.5 Å². The van der Waals surface area contributed by atoms with Crippen LogP contribution in [0.1, 0.15) is 41.6 Å². The quantitative estimate of drug-likeness (QED) is 0.903. The highest BCUT2D eigenvalue weighted by molar-refractivity contribution is 5.93. The van der Waals surface area contributed by atoms with Crippen molar-refractivity contribution in [2.75, 3.05) is 6.54 Å². The Morgan fingerprint density at radius 2 is 1.91 bits per heavy atom. The highest BCUT2D eigenvalue weighted by atomic mass is 16.2. The van der Waals surface area contributed by atoms with Gasteiger partial charge >= 0.3 is 0 Å². The van der Waals surface area contributed by atoms with Crippen LogP contribution < -0.4 is 5.56 Å². The Morgan fingerprint density at radius 3 is 2.48 bits per heavy atom. The number of fused-ring (bicyclic) bond motifs is 1. The van der Waals surface area contributed by atoms with Crippen molar-refractivity contribution in [3.63, 3.8) is 0 Å². The van der Waals surface area contributed by atoms with Crippen LogP contribution in [0.5, 0.6) is 0 Å². The van der Waals surface area contributed by atoms with Gasteiger partial charge in [-0.1, -0.05) is 0 Å². The molecule has 1 saturated carbocycles. The van der Waals surface area contributed by atoms with Crippen molar-refractivity contribution in [2.45, 2.75) is 39.2 Å². The molecule has 1 aliphatic carbocycles. The van der Waals surface area contributed by atoms with Crippen LogP contribution in [0.3, 0.4) is 0 Å². The third-order valence-electron chi connectivity index (χ3n) is 4.92. The van der Waals surface area contributed by atoms with Crippen molar-refractivity contribution in [1.29, 1.82) is 0 Å². The summed E-state index contributed by atoms with van der Waals surface area (Å²) in [5, 5.41) is 2.87. The third-order valence-corrected chi connectivity index (χ3v) is 4.92. The molecule has 2 aliphatic heterocycles. The number of hydrogen-bond donors (Lipinski definition) is 1. The van der Waals surface area contributed by atoms with Gasteiger partial charge in [-0.15, -0.1) is 0 Å². The van der Waals surface area contributed by atoms with E-state index in [1.165, 1.54) is 10.7 Å². The molecule has 120 valence electrons. The van der Waals surface area contributed by atoms with Gasteiger partial charge in [-0.25, -0.2) is 9.97 Å². The summed E-state index contributed by atoms with van der Waals surface area (Å²) in [7, 11) is 0. The first-order valence-corrected chi connectivity index (χ1v) is 7.82. The molecule has 0 aromatic carbocycles. The Morgan fingerprint density at radius 1 is 1.26 bits per heavy atom. The smallest absolute Gasteiger partial charge is 0.274 e. The van der Waals surface area contributed by atoms with Gasteiger partial charge < -0.3 is 4.90 Å². The zero-order valence-electron chi connectivity index (χ0n) is 13.5. The molecule has 2 saturated heterocycles. The van der Waals surface area contributed by atoms with Crippen LogP contribution in [-0.2, 0) is 0 Å². The Balaban J connectivity index is 1.70. The molecule has 1 amide bonds. The highest BCUT2D eigenvalue weighted by Gasteiger charge is 2.54. The predicted molar refractivity (Wildman–Crippen MR) is 83.6 cm³/mol. The molecule has 7 nitrogen and oxygen atoms in total. The number of nitrogens with zero attached hydrogens (tertiary/aromatic N) is 4. The molecular weight excluding hydrogens is 294 g/mol. The Kier molecular flexibility index (Phi) is 2.79. The van der Waals surface area contributed by atoms with E-state index in [-0.39, 0.29) is 23.0 Å². The summed E-state index contributed by atoms with van der Waals surface area (Å²) in [4.78, 5) is 35.4. The van der Waals surface area contributed by atoms with E-state index in [1.54, 1.807) is 0 Å². The second kappa shape index (κ2) is 4.53. The predicted octanol–water partition coefficient (Wildman–Crippen LogP) is 1.20. The lowest BCUT2D eigenvalue weighted by molar-refractivity contribution is 0.0604. The maximum atomic E-state index is 12.7. The average molecular weight is 313 g/mol. The fourth-order valence-electron chi connectivity index (χ4n) is 3.95. The molecule has 5 rings (SSSR count). The first kappa shape index (κ1) is 14.2. The fraction of sp³-hybridized carbons (Fsp3) is 0.500. The number of aromatic amines is 1. The molecule has 23 heavy (non-hydrogen) atoms. The van der Waals surface area contributed by atoms with Crippen LogP contribution >= 0.6 is 0 Å². The Labute approximate surface area is 133 Å².